The molecule has 14 heavy (non-hydrogen) atoms. The first-order chi connectivity index (χ1) is 6.60. The average Bonchev–Trinajstić information content (AvgIpc) is 2.00. The molecule has 0 N–H and O–H groups in total. The second-order valence-electron chi connectivity index (χ2n) is 3.22. The molecule has 1 saturated heterocycles. The van der Waals surface area contributed by atoms with Crippen molar-refractivity contribution in [3.05, 3.63) is 30.1 Å². The van der Waals surface area contributed by atoms with Gasteiger partial charge in [0.2, 0.25) is 10.0 Å². The summed E-state index contributed by atoms with van der Waals surface area (Å²) in [5.41, 5.74) is 0. The van der Waals surface area contributed by atoms with Gasteiger partial charge in [0.1, 0.15) is 5.82 Å². The Labute approximate surface area is 82.2 Å². The fourth-order valence-corrected chi connectivity index (χ4v) is 2.85. The summed E-state index contributed by atoms with van der Waals surface area (Å²) in [6, 6.07) is 5.10. The summed E-state index contributed by atoms with van der Waals surface area (Å²) in [5, 5.41) is 0. The van der Waals surface area contributed by atoms with Crippen LogP contribution in [-0.4, -0.2) is 25.8 Å². The SMILES string of the molecule is O=S(=O)(c1cccc(F)c1)N1CCC1. The molecule has 0 amide bonds. The molecule has 76 valence electrons. The van der Waals surface area contributed by atoms with Gasteiger partial charge in [-0.15, -0.1) is 0 Å². The third kappa shape index (κ3) is 1.53. The van der Waals surface area contributed by atoms with Gasteiger partial charge in [-0.25, -0.2) is 12.8 Å². The molecular formula is C9H10FNO2S. The molecule has 0 radical (unpaired) electrons. The van der Waals surface area contributed by atoms with Crippen molar-refractivity contribution < 1.29 is 12.8 Å². The van der Waals surface area contributed by atoms with Crippen LogP contribution < -0.4 is 0 Å². The molecule has 2 rings (SSSR count). The lowest BCUT2D eigenvalue weighted by Gasteiger charge is -2.29. The number of halogens is 1. The standard InChI is InChI=1S/C9H10FNO2S/c10-8-3-1-4-9(7-8)14(12,13)11-5-2-6-11/h1,3-4,7H,2,5-6H2. The Balaban J connectivity index is 2.38. The Bertz CT molecular complexity index is 440. The van der Waals surface area contributed by atoms with Gasteiger partial charge in [0.05, 0.1) is 4.90 Å². The van der Waals surface area contributed by atoms with Crippen LogP contribution in [0.15, 0.2) is 29.2 Å². The van der Waals surface area contributed by atoms with Crippen LogP contribution in [0, 0.1) is 5.82 Å². The molecule has 5 heteroatoms. The number of nitrogens with zero attached hydrogens (tertiary/aromatic N) is 1. The number of benzene rings is 1. The van der Waals surface area contributed by atoms with Crippen LogP contribution in [0.5, 0.6) is 0 Å². The predicted molar refractivity (Wildman–Crippen MR) is 49.8 cm³/mol. The minimum atomic E-state index is -3.43. The van der Waals surface area contributed by atoms with E-state index in [0.29, 0.717) is 13.1 Å². The highest BCUT2D eigenvalue weighted by atomic mass is 32.2. The molecule has 3 nitrogen and oxygen atoms in total. The van der Waals surface area contributed by atoms with Gasteiger partial charge >= 0.3 is 0 Å². The largest absolute Gasteiger partial charge is 0.243 e. The van der Waals surface area contributed by atoms with E-state index in [2.05, 4.69) is 0 Å². The summed E-state index contributed by atoms with van der Waals surface area (Å²) in [6.45, 7) is 1.08. The monoisotopic (exact) mass is 215 g/mol. The highest BCUT2D eigenvalue weighted by Gasteiger charge is 2.29. The van der Waals surface area contributed by atoms with Crippen molar-refractivity contribution in [1.82, 2.24) is 4.31 Å². The van der Waals surface area contributed by atoms with Crippen molar-refractivity contribution in [3.8, 4) is 0 Å². The fraction of sp³-hybridized carbons (Fsp3) is 0.333. The minimum Gasteiger partial charge on any atom is -0.207 e. The van der Waals surface area contributed by atoms with E-state index in [1.807, 2.05) is 0 Å². The van der Waals surface area contributed by atoms with Gasteiger partial charge in [-0.3, -0.25) is 0 Å². The number of hydrogen-bond donors (Lipinski definition) is 0. The lowest BCUT2D eigenvalue weighted by Crippen LogP contribution is -2.41. The van der Waals surface area contributed by atoms with Crippen molar-refractivity contribution >= 4 is 10.0 Å². The Morgan fingerprint density at radius 2 is 2.00 bits per heavy atom. The van der Waals surface area contributed by atoms with Crippen molar-refractivity contribution in [2.75, 3.05) is 13.1 Å². The van der Waals surface area contributed by atoms with E-state index < -0.39 is 15.8 Å². The molecule has 1 aromatic rings. The Morgan fingerprint density at radius 3 is 2.50 bits per heavy atom. The Kier molecular flexibility index (Phi) is 2.28. The van der Waals surface area contributed by atoms with Crippen LogP contribution in [0.1, 0.15) is 6.42 Å². The van der Waals surface area contributed by atoms with E-state index in [-0.39, 0.29) is 4.90 Å². The molecule has 1 aliphatic heterocycles. The predicted octanol–water partition coefficient (Wildman–Crippen LogP) is 1.22. The van der Waals surface area contributed by atoms with Crippen molar-refractivity contribution in [2.24, 2.45) is 0 Å². The van der Waals surface area contributed by atoms with Gasteiger partial charge in [0.25, 0.3) is 0 Å². The second-order valence-corrected chi connectivity index (χ2v) is 5.15. The number of rotatable bonds is 2. The summed E-state index contributed by atoms with van der Waals surface area (Å²) in [5.74, 6) is -0.522. The first kappa shape index (κ1) is 9.61. The highest BCUT2D eigenvalue weighted by molar-refractivity contribution is 7.89. The van der Waals surface area contributed by atoms with Crippen molar-refractivity contribution in [2.45, 2.75) is 11.3 Å². The normalized spacial score (nSPS) is 17.8. The van der Waals surface area contributed by atoms with Gasteiger partial charge in [-0.2, -0.15) is 4.31 Å². The molecule has 0 spiro atoms. The first-order valence-electron chi connectivity index (χ1n) is 4.36. The van der Waals surface area contributed by atoms with Crippen molar-refractivity contribution in [1.29, 1.82) is 0 Å². The van der Waals surface area contributed by atoms with Gasteiger partial charge < -0.3 is 0 Å². The quantitative estimate of drug-likeness (QED) is 0.744. The summed E-state index contributed by atoms with van der Waals surface area (Å²) in [7, 11) is -3.43. The van der Waals surface area contributed by atoms with E-state index in [4.69, 9.17) is 0 Å². The summed E-state index contributed by atoms with van der Waals surface area (Å²) >= 11 is 0. The summed E-state index contributed by atoms with van der Waals surface area (Å²) < 4.78 is 37.6. The molecule has 0 bridgehead atoms. The zero-order valence-electron chi connectivity index (χ0n) is 7.48. The van der Waals surface area contributed by atoms with Crippen LogP contribution in [0.2, 0.25) is 0 Å². The van der Waals surface area contributed by atoms with Crippen molar-refractivity contribution in [3.63, 3.8) is 0 Å². The Morgan fingerprint density at radius 1 is 1.29 bits per heavy atom. The van der Waals surface area contributed by atoms with Gasteiger partial charge in [0, 0.05) is 13.1 Å². The molecule has 0 aromatic heterocycles. The molecular weight excluding hydrogens is 205 g/mol. The molecule has 0 atom stereocenters. The van der Waals surface area contributed by atoms with Crippen LogP contribution in [-0.2, 0) is 10.0 Å². The second kappa shape index (κ2) is 3.33. The average molecular weight is 215 g/mol. The molecule has 1 aromatic carbocycles. The maximum absolute atomic E-state index is 12.8. The molecule has 1 fully saturated rings. The van der Waals surface area contributed by atoms with E-state index in [1.54, 1.807) is 0 Å². The lowest BCUT2D eigenvalue weighted by atomic mass is 10.3. The van der Waals surface area contributed by atoms with E-state index in [9.17, 15) is 12.8 Å². The first-order valence-corrected chi connectivity index (χ1v) is 5.80. The lowest BCUT2D eigenvalue weighted by molar-refractivity contribution is 0.309. The smallest absolute Gasteiger partial charge is 0.207 e. The third-order valence-corrected chi connectivity index (χ3v) is 4.14. The maximum atomic E-state index is 12.8. The number of sulfonamides is 1. The van der Waals surface area contributed by atoms with Crippen LogP contribution in [0.25, 0.3) is 0 Å². The van der Waals surface area contributed by atoms with Crippen LogP contribution in [0.4, 0.5) is 4.39 Å². The topological polar surface area (TPSA) is 37.4 Å². The zero-order chi connectivity index (χ0) is 10.2. The van der Waals surface area contributed by atoms with E-state index in [1.165, 1.54) is 22.5 Å². The maximum Gasteiger partial charge on any atom is 0.243 e. The zero-order valence-corrected chi connectivity index (χ0v) is 8.30. The van der Waals surface area contributed by atoms with Gasteiger partial charge in [0.15, 0.2) is 0 Å². The Hall–Kier alpha value is -0.940. The molecule has 1 aliphatic rings. The molecule has 0 unspecified atom stereocenters. The summed E-state index contributed by atoms with van der Waals surface area (Å²) in [4.78, 5) is 0.0391. The van der Waals surface area contributed by atoms with Crippen LogP contribution >= 0.6 is 0 Å². The summed E-state index contributed by atoms with van der Waals surface area (Å²) in [6.07, 6.45) is 0.883. The highest BCUT2D eigenvalue weighted by Crippen LogP contribution is 2.21. The van der Waals surface area contributed by atoms with Gasteiger partial charge in [-0.1, -0.05) is 6.07 Å². The fourth-order valence-electron chi connectivity index (χ4n) is 1.30. The third-order valence-electron chi connectivity index (χ3n) is 2.25. The number of hydrogen-bond acceptors (Lipinski definition) is 2. The molecule has 0 aliphatic carbocycles. The van der Waals surface area contributed by atoms with E-state index >= 15 is 0 Å². The van der Waals surface area contributed by atoms with E-state index in [0.717, 1.165) is 12.5 Å². The minimum absolute atomic E-state index is 0.0391. The molecule has 1 heterocycles. The van der Waals surface area contributed by atoms with Crippen LogP contribution in [0.3, 0.4) is 0 Å². The van der Waals surface area contributed by atoms with Gasteiger partial charge in [-0.05, 0) is 24.6 Å². The molecule has 0 saturated carbocycles.